The maximum atomic E-state index is 14.4. The summed E-state index contributed by atoms with van der Waals surface area (Å²) in [6.07, 6.45) is 0.504. The van der Waals surface area contributed by atoms with Crippen molar-refractivity contribution in [3.05, 3.63) is 65.7 Å². The highest BCUT2D eigenvalue weighted by molar-refractivity contribution is 7.81. The number of hydrogen-bond acceptors (Lipinski definition) is 9. The molecule has 5 N–H and O–H groups in total. The molecule has 2 heterocycles. The van der Waals surface area contributed by atoms with Gasteiger partial charge in [-0.25, -0.2) is 0 Å². The highest BCUT2D eigenvalue weighted by atomic mass is 32.1. The zero-order valence-corrected chi connectivity index (χ0v) is 25.8. The van der Waals surface area contributed by atoms with E-state index in [9.17, 15) is 29.1 Å². The summed E-state index contributed by atoms with van der Waals surface area (Å²) >= 11 is 9.19. The van der Waals surface area contributed by atoms with Crippen LogP contribution in [0.15, 0.2) is 54.6 Å². The van der Waals surface area contributed by atoms with Gasteiger partial charge in [0.05, 0.1) is 12.6 Å². The van der Waals surface area contributed by atoms with E-state index < -0.39 is 70.2 Å². The smallest absolute Gasteiger partial charge is 0.253 e. The van der Waals surface area contributed by atoms with E-state index in [1.807, 2.05) is 30.3 Å². The molecule has 0 unspecified atom stereocenters. The number of rotatable bonds is 6. The summed E-state index contributed by atoms with van der Waals surface area (Å²) in [5.41, 5.74) is 7.76. The molecule has 2 aromatic rings. The predicted molar refractivity (Wildman–Crippen MR) is 166 cm³/mol. The molecule has 5 amide bonds. The Balaban J connectivity index is 1.76. The zero-order chi connectivity index (χ0) is 31.5. The lowest BCUT2D eigenvalue weighted by molar-refractivity contribution is -0.158. The van der Waals surface area contributed by atoms with Crippen LogP contribution in [0.1, 0.15) is 31.4 Å². The molecule has 0 aliphatic carbocycles. The molecule has 0 aromatic heterocycles. The van der Waals surface area contributed by atoms with Crippen LogP contribution in [0, 0.1) is 0 Å². The van der Waals surface area contributed by atoms with E-state index in [4.69, 9.17) is 5.73 Å². The van der Waals surface area contributed by atoms with Crippen LogP contribution >= 0.6 is 25.3 Å². The summed E-state index contributed by atoms with van der Waals surface area (Å²) in [5, 5.41) is 14.2. The number of thiol groups is 2. The van der Waals surface area contributed by atoms with Gasteiger partial charge in [-0.2, -0.15) is 25.3 Å². The van der Waals surface area contributed by atoms with E-state index in [-0.39, 0.29) is 25.1 Å². The molecule has 11 nitrogen and oxygen atoms in total. The normalized spacial score (nSPS) is 24.4. The number of nitrogens with zero attached hydrogens (tertiary/aromatic N) is 2. The van der Waals surface area contributed by atoms with Gasteiger partial charge in [-0.05, 0) is 49.9 Å². The van der Waals surface area contributed by atoms with E-state index in [0.717, 1.165) is 10.5 Å². The maximum absolute atomic E-state index is 14.4. The van der Waals surface area contributed by atoms with Crippen LogP contribution in [-0.2, 0) is 36.8 Å². The minimum absolute atomic E-state index is 0.00338. The second-order valence-corrected chi connectivity index (χ2v) is 13.3. The van der Waals surface area contributed by atoms with Gasteiger partial charge in [0.1, 0.15) is 23.9 Å². The zero-order valence-electron chi connectivity index (χ0n) is 24.0. The van der Waals surface area contributed by atoms with Crippen molar-refractivity contribution in [3.8, 4) is 5.75 Å². The summed E-state index contributed by atoms with van der Waals surface area (Å²) in [7, 11) is 0. The molecule has 230 valence electrons. The third-order valence-electron chi connectivity index (χ3n) is 7.60. The predicted octanol–water partition coefficient (Wildman–Crippen LogP) is 0.451. The Labute approximate surface area is 261 Å². The Kier molecular flexibility index (Phi) is 10.1. The first-order valence-electron chi connectivity index (χ1n) is 14.0. The molecule has 4 rings (SSSR count). The topological polar surface area (TPSA) is 162 Å². The average Bonchev–Trinajstić information content (AvgIpc) is 3.34. The van der Waals surface area contributed by atoms with Crippen molar-refractivity contribution in [2.24, 2.45) is 5.73 Å². The lowest BCUT2D eigenvalue weighted by atomic mass is 9.96. The second-order valence-electron chi connectivity index (χ2n) is 11.4. The van der Waals surface area contributed by atoms with E-state index in [2.05, 4.69) is 35.9 Å². The molecule has 2 aliphatic heterocycles. The van der Waals surface area contributed by atoms with E-state index in [0.29, 0.717) is 12.0 Å². The number of hydrogen-bond donors (Lipinski definition) is 6. The van der Waals surface area contributed by atoms with Crippen molar-refractivity contribution in [1.29, 1.82) is 0 Å². The fourth-order valence-corrected chi connectivity index (χ4v) is 6.13. The lowest BCUT2D eigenvalue weighted by Gasteiger charge is -2.41. The Morgan fingerprint density at radius 1 is 1.05 bits per heavy atom. The Morgan fingerprint density at radius 2 is 1.70 bits per heavy atom. The van der Waals surface area contributed by atoms with Crippen LogP contribution in [0.4, 0.5) is 0 Å². The van der Waals surface area contributed by atoms with Crippen molar-refractivity contribution >= 4 is 54.8 Å². The third-order valence-corrected chi connectivity index (χ3v) is 8.39. The number of aromatic hydroxyl groups is 1. The molecule has 43 heavy (non-hydrogen) atoms. The number of amides is 5. The van der Waals surface area contributed by atoms with Crippen molar-refractivity contribution in [2.75, 3.05) is 13.1 Å². The lowest BCUT2D eigenvalue weighted by Crippen LogP contribution is -2.67. The molecule has 2 aliphatic rings. The summed E-state index contributed by atoms with van der Waals surface area (Å²) in [5.74, 6) is -3.49. The molecule has 2 saturated heterocycles. The quantitative estimate of drug-likeness (QED) is 0.254. The summed E-state index contributed by atoms with van der Waals surface area (Å²) in [6, 6.07) is 10.2. The Morgan fingerprint density at radius 3 is 2.33 bits per heavy atom. The number of imide groups is 1. The van der Waals surface area contributed by atoms with Gasteiger partial charge in [0.2, 0.25) is 23.6 Å². The van der Waals surface area contributed by atoms with Crippen LogP contribution in [0.2, 0.25) is 0 Å². The fraction of sp³-hybridized carbons (Fsp3) is 0.433. The number of carbonyl (C=O) groups excluding carboxylic acids is 5. The van der Waals surface area contributed by atoms with Crippen LogP contribution in [0.5, 0.6) is 5.75 Å². The van der Waals surface area contributed by atoms with Gasteiger partial charge in [-0.15, -0.1) is 0 Å². The Hall–Kier alpha value is -3.55. The van der Waals surface area contributed by atoms with Crippen LogP contribution in [0.25, 0.3) is 0 Å². The van der Waals surface area contributed by atoms with E-state index in [1.165, 1.54) is 17.0 Å². The molecular weight excluding hydrogens is 590 g/mol. The third kappa shape index (κ3) is 7.51. The van der Waals surface area contributed by atoms with E-state index >= 15 is 0 Å². The molecule has 5 atom stereocenters. The first kappa shape index (κ1) is 32.4. The molecule has 0 radical (unpaired) electrons. The van der Waals surface area contributed by atoms with Crippen LogP contribution < -0.4 is 16.4 Å². The highest BCUT2D eigenvalue weighted by Gasteiger charge is 2.51. The number of phenols is 1. The molecule has 13 heteroatoms. The van der Waals surface area contributed by atoms with Crippen LogP contribution in [0.3, 0.4) is 0 Å². The SMILES string of the molecule is CC(C)(S)[C@@H]1C(=O)NCC(=O)N[C@@H](Cc2ccccc2)C(=O)N2CC[C@H](S)[C@H]2C(=O)N1C(=O)[C@@H](N)Cc1ccc(O)cc1. The number of fused-ring (bicyclic) bond motifs is 1. The summed E-state index contributed by atoms with van der Waals surface area (Å²) in [4.78, 5) is 71.3. The number of nitrogens with one attached hydrogen (secondary N) is 2. The number of carbonyl (C=O) groups is 5. The highest BCUT2D eigenvalue weighted by Crippen LogP contribution is 2.31. The van der Waals surface area contributed by atoms with Gasteiger partial charge in [-0.1, -0.05) is 42.5 Å². The minimum Gasteiger partial charge on any atom is -0.508 e. The van der Waals surface area contributed by atoms with Gasteiger partial charge in [0, 0.05) is 23.0 Å². The monoisotopic (exact) mass is 627 g/mol. The molecule has 0 spiro atoms. The molecule has 0 bridgehead atoms. The summed E-state index contributed by atoms with van der Waals surface area (Å²) in [6.45, 7) is 2.80. The van der Waals surface area contributed by atoms with Gasteiger partial charge in [0.25, 0.3) is 5.91 Å². The fourth-order valence-electron chi connectivity index (χ4n) is 5.49. The molecular formula is C30H37N5O6S2. The Bertz CT molecular complexity index is 1370. The van der Waals surface area contributed by atoms with Crippen molar-refractivity contribution in [2.45, 2.75) is 67.3 Å². The second kappa shape index (κ2) is 13.4. The summed E-state index contributed by atoms with van der Waals surface area (Å²) < 4.78 is -1.27. The number of nitrogens with two attached hydrogens (primary N) is 1. The van der Waals surface area contributed by atoms with Crippen molar-refractivity contribution in [1.82, 2.24) is 20.4 Å². The van der Waals surface area contributed by atoms with Crippen LogP contribution in [-0.4, -0.2) is 91.7 Å². The largest absolute Gasteiger partial charge is 0.508 e. The molecule has 0 saturated carbocycles. The molecule has 2 fully saturated rings. The van der Waals surface area contributed by atoms with Crippen molar-refractivity contribution < 1.29 is 29.1 Å². The van der Waals surface area contributed by atoms with Gasteiger partial charge >= 0.3 is 0 Å². The van der Waals surface area contributed by atoms with Crippen molar-refractivity contribution in [3.63, 3.8) is 0 Å². The first-order chi connectivity index (χ1) is 20.3. The number of phenolic OH excluding ortho intramolecular Hbond substituents is 1. The molecule has 2 aromatic carbocycles. The number of benzene rings is 2. The maximum Gasteiger partial charge on any atom is 0.253 e. The van der Waals surface area contributed by atoms with Gasteiger partial charge < -0.3 is 26.4 Å². The van der Waals surface area contributed by atoms with E-state index in [1.54, 1.807) is 26.0 Å². The minimum atomic E-state index is -1.48. The van der Waals surface area contributed by atoms with Gasteiger partial charge in [0.15, 0.2) is 0 Å². The first-order valence-corrected chi connectivity index (χ1v) is 15.0. The van der Waals surface area contributed by atoms with Gasteiger partial charge in [-0.3, -0.25) is 28.9 Å². The average molecular weight is 628 g/mol. The standard InChI is InChI=1S/C30H37N5O6S2/c1-30(2,43)25-26(38)32-16-23(37)33-21(15-17-6-4-3-5-7-17)28(40)34-13-12-22(42)24(34)29(41)35(25)27(39)20(31)14-18-8-10-19(36)11-9-18/h3-11,20-22,24-25,36,42-43H,12-16,31H2,1-2H3,(H,32,38)(H,33,37)/t20-,21-,22-,24-,25-/m0/s1.